The Labute approximate surface area is 363 Å². The molecular weight excluding hydrogens is 731 g/mol. The van der Waals surface area contributed by atoms with Crippen molar-refractivity contribution in [3.63, 3.8) is 0 Å². The number of carbonyl (C=O) groups excluding carboxylic acids is 2. The predicted molar refractivity (Wildman–Crippen MR) is 254 cm³/mol. The number of hydrogen-bond acceptors (Lipinski definition) is 5. The molecule has 0 aromatic rings. The summed E-state index contributed by atoms with van der Waals surface area (Å²) in [6.45, 7) is 6.16. The number of amides is 1. The van der Waals surface area contributed by atoms with Gasteiger partial charge in [-0.25, -0.2) is 0 Å². The number of carbonyl (C=O) groups is 2. The van der Waals surface area contributed by atoms with Crippen LogP contribution in [0.3, 0.4) is 0 Å². The largest absolute Gasteiger partial charge is 0.462 e. The number of nitrogens with one attached hydrogen (secondary N) is 1. The van der Waals surface area contributed by atoms with Crippen LogP contribution in [-0.4, -0.2) is 46.9 Å². The average molecular weight is 820 g/mol. The zero-order valence-electron chi connectivity index (χ0n) is 38.1. The van der Waals surface area contributed by atoms with Gasteiger partial charge in [0.25, 0.3) is 0 Å². The minimum Gasteiger partial charge on any atom is -0.462 e. The van der Waals surface area contributed by atoms with E-state index in [1.807, 2.05) is 66.8 Å². The monoisotopic (exact) mass is 820 g/mol. The Morgan fingerprint density at radius 2 is 0.915 bits per heavy atom. The maximum absolute atomic E-state index is 13.1. The molecule has 0 aliphatic rings. The van der Waals surface area contributed by atoms with Crippen molar-refractivity contribution in [2.45, 2.75) is 219 Å². The minimum absolute atomic E-state index is 0.0201. The van der Waals surface area contributed by atoms with Gasteiger partial charge in [-0.3, -0.25) is 9.59 Å². The fraction of sp³-hybridized carbons (Fsp3) is 0.660. The van der Waals surface area contributed by atoms with Gasteiger partial charge in [0.1, 0.15) is 6.10 Å². The number of hydrogen-bond donors (Lipinski definition) is 3. The molecule has 59 heavy (non-hydrogen) atoms. The molecule has 0 heterocycles. The van der Waals surface area contributed by atoms with Gasteiger partial charge in [0.2, 0.25) is 5.91 Å². The highest BCUT2D eigenvalue weighted by molar-refractivity contribution is 5.77. The Hall–Kier alpha value is -3.22. The highest BCUT2D eigenvalue weighted by Crippen LogP contribution is 2.17. The molecular formula is C53H89NO5. The summed E-state index contributed by atoms with van der Waals surface area (Å²) in [6.07, 6.45) is 60.5. The zero-order valence-corrected chi connectivity index (χ0v) is 38.1. The Bertz CT molecular complexity index is 1190. The smallest absolute Gasteiger partial charge is 0.306 e. The third kappa shape index (κ3) is 41.3. The van der Waals surface area contributed by atoms with Crippen LogP contribution in [0.2, 0.25) is 0 Å². The Morgan fingerprint density at radius 1 is 0.508 bits per heavy atom. The predicted octanol–water partition coefficient (Wildman–Crippen LogP) is 14.2. The van der Waals surface area contributed by atoms with E-state index in [0.717, 1.165) is 64.2 Å². The van der Waals surface area contributed by atoms with Gasteiger partial charge in [-0.05, 0) is 57.8 Å². The highest BCUT2D eigenvalue weighted by atomic mass is 16.5. The number of allylic oxidation sites excluding steroid dienone is 16. The molecule has 6 heteroatoms. The van der Waals surface area contributed by atoms with Gasteiger partial charge >= 0.3 is 5.97 Å². The number of aliphatic hydroxyl groups excluding tert-OH is 2. The van der Waals surface area contributed by atoms with Crippen LogP contribution < -0.4 is 5.32 Å². The minimum atomic E-state index is -0.814. The summed E-state index contributed by atoms with van der Waals surface area (Å²) in [6, 6.07) is -0.732. The van der Waals surface area contributed by atoms with E-state index < -0.39 is 18.2 Å². The molecule has 0 saturated heterocycles. The van der Waals surface area contributed by atoms with Gasteiger partial charge in [-0.2, -0.15) is 0 Å². The molecule has 0 aliphatic heterocycles. The molecule has 0 saturated carbocycles. The van der Waals surface area contributed by atoms with Gasteiger partial charge in [0.05, 0.1) is 25.2 Å². The van der Waals surface area contributed by atoms with E-state index in [0.29, 0.717) is 19.3 Å². The molecule has 0 radical (unpaired) electrons. The molecule has 6 nitrogen and oxygen atoms in total. The van der Waals surface area contributed by atoms with Gasteiger partial charge in [0, 0.05) is 6.42 Å². The number of aliphatic hydroxyl groups is 2. The average Bonchev–Trinajstić information content (AvgIpc) is 3.23. The Morgan fingerprint density at radius 3 is 1.39 bits per heavy atom. The molecule has 3 unspecified atom stereocenters. The van der Waals surface area contributed by atoms with E-state index in [9.17, 15) is 19.8 Å². The maximum atomic E-state index is 13.1. The zero-order chi connectivity index (χ0) is 43.1. The second-order valence-corrected chi connectivity index (χ2v) is 15.9. The van der Waals surface area contributed by atoms with Gasteiger partial charge in [-0.15, -0.1) is 0 Å². The first-order chi connectivity index (χ1) is 29.0. The molecule has 0 rings (SSSR count). The van der Waals surface area contributed by atoms with Gasteiger partial charge in [0.15, 0.2) is 0 Å². The van der Waals surface area contributed by atoms with Gasteiger partial charge in [-0.1, -0.05) is 227 Å². The van der Waals surface area contributed by atoms with Crippen LogP contribution in [0.15, 0.2) is 97.2 Å². The molecule has 1 amide bonds. The highest BCUT2D eigenvalue weighted by Gasteiger charge is 2.24. The molecule has 0 spiro atoms. The third-order valence-corrected chi connectivity index (χ3v) is 10.3. The van der Waals surface area contributed by atoms with Crippen LogP contribution >= 0.6 is 0 Å². The van der Waals surface area contributed by atoms with Crippen LogP contribution in [0.25, 0.3) is 0 Å². The lowest BCUT2D eigenvalue weighted by Gasteiger charge is -2.24. The van der Waals surface area contributed by atoms with Crippen molar-refractivity contribution in [1.29, 1.82) is 0 Å². The van der Waals surface area contributed by atoms with E-state index in [2.05, 4.69) is 56.5 Å². The van der Waals surface area contributed by atoms with E-state index in [1.54, 1.807) is 0 Å². The second kappa shape index (κ2) is 45.9. The van der Waals surface area contributed by atoms with Crippen molar-refractivity contribution in [3.05, 3.63) is 97.2 Å². The summed E-state index contributed by atoms with van der Waals surface area (Å²) in [7, 11) is 0. The molecule has 3 atom stereocenters. The van der Waals surface area contributed by atoms with Crippen molar-refractivity contribution >= 4 is 11.9 Å². The van der Waals surface area contributed by atoms with E-state index in [-0.39, 0.29) is 31.3 Å². The fourth-order valence-electron chi connectivity index (χ4n) is 6.75. The summed E-state index contributed by atoms with van der Waals surface area (Å²) >= 11 is 0. The molecule has 0 aromatic carbocycles. The van der Waals surface area contributed by atoms with Crippen molar-refractivity contribution in [2.24, 2.45) is 0 Å². The number of unbranched alkanes of at least 4 members (excludes halogenated alkanes) is 19. The van der Waals surface area contributed by atoms with Crippen LogP contribution in [0.1, 0.15) is 201 Å². The summed E-state index contributed by atoms with van der Waals surface area (Å²) in [5, 5.41) is 23.7. The van der Waals surface area contributed by atoms with Crippen LogP contribution in [0.5, 0.6) is 0 Å². The summed E-state index contributed by atoms with van der Waals surface area (Å²) in [4.78, 5) is 26.0. The second-order valence-electron chi connectivity index (χ2n) is 15.9. The number of rotatable bonds is 41. The number of esters is 1. The lowest BCUT2D eigenvalue weighted by molar-refractivity contribution is -0.151. The first kappa shape index (κ1) is 55.8. The molecule has 0 bridgehead atoms. The molecule has 0 fully saturated rings. The topological polar surface area (TPSA) is 95.9 Å². The summed E-state index contributed by atoms with van der Waals surface area (Å²) in [5.41, 5.74) is 0. The number of ether oxygens (including phenoxy) is 1. The Kier molecular flexibility index (Phi) is 43.4. The summed E-state index contributed by atoms with van der Waals surface area (Å²) < 4.78 is 5.85. The molecule has 336 valence electrons. The summed E-state index contributed by atoms with van der Waals surface area (Å²) in [5.74, 6) is -0.607. The molecule has 0 aliphatic carbocycles. The maximum Gasteiger partial charge on any atom is 0.306 e. The van der Waals surface area contributed by atoms with Crippen molar-refractivity contribution in [3.8, 4) is 0 Å². The van der Waals surface area contributed by atoms with E-state index in [1.165, 1.54) is 83.5 Å². The standard InChI is InChI=1S/C53H89NO5/c1-4-7-10-13-16-19-22-24-25-26-28-30-33-36-39-42-45-51(56)50(48-55)54-52(57)47-49(44-41-38-35-32-29-21-18-15-12-9-6-3)59-53(58)46-43-40-37-34-31-27-23-20-17-14-11-8-5-2/h8-9,11-12,14-15,17-18,20-21,23,27,29,31,34,37,49-51,55-56H,4-7,10,13,16,19,22,24-26,28,30,32-33,35-36,38-48H2,1-3H3,(H,54,57)/b11-8+,12-9+,17-14+,18-15+,23-20-,29-21-,31-27-,37-34+. The van der Waals surface area contributed by atoms with E-state index in [4.69, 9.17) is 4.74 Å². The Balaban J connectivity index is 4.66. The van der Waals surface area contributed by atoms with Crippen molar-refractivity contribution in [2.75, 3.05) is 6.61 Å². The van der Waals surface area contributed by atoms with Crippen LogP contribution in [0.4, 0.5) is 0 Å². The SMILES string of the molecule is CC/C=C/C=C/C=C\C=C/C=C/CCCC(=O)OC(CCCCC\C=C/C=C/C=C/CC)CC(=O)NC(CO)C(O)CCCCCCCCCCCCCCCCCC. The lowest BCUT2D eigenvalue weighted by atomic mass is 10.0. The first-order valence-electron chi connectivity index (χ1n) is 24.1. The lowest BCUT2D eigenvalue weighted by Crippen LogP contribution is -2.46. The molecule has 0 aromatic heterocycles. The fourth-order valence-corrected chi connectivity index (χ4v) is 6.75. The van der Waals surface area contributed by atoms with Crippen molar-refractivity contribution < 1.29 is 24.5 Å². The van der Waals surface area contributed by atoms with Gasteiger partial charge < -0.3 is 20.3 Å². The van der Waals surface area contributed by atoms with Crippen LogP contribution in [-0.2, 0) is 14.3 Å². The third-order valence-electron chi connectivity index (χ3n) is 10.3. The molecule has 3 N–H and O–H groups in total. The quantitative estimate of drug-likeness (QED) is 0.0324. The van der Waals surface area contributed by atoms with E-state index >= 15 is 0 Å². The van der Waals surface area contributed by atoms with Crippen molar-refractivity contribution in [1.82, 2.24) is 5.32 Å². The van der Waals surface area contributed by atoms with Crippen LogP contribution in [0, 0.1) is 0 Å². The normalized spacial score (nSPS) is 14.2. The first-order valence-corrected chi connectivity index (χ1v) is 24.1.